The summed E-state index contributed by atoms with van der Waals surface area (Å²) in [6.07, 6.45) is 0.524. The lowest BCUT2D eigenvalue weighted by atomic mass is 10.0. The van der Waals surface area contributed by atoms with Gasteiger partial charge in [-0.15, -0.1) is 0 Å². The highest BCUT2D eigenvalue weighted by atomic mass is 79.9. The van der Waals surface area contributed by atoms with Crippen molar-refractivity contribution in [1.82, 2.24) is 0 Å². The van der Waals surface area contributed by atoms with Gasteiger partial charge in [0, 0.05) is 5.56 Å². The molecule has 5 nitrogen and oxygen atoms in total. The van der Waals surface area contributed by atoms with Crippen LogP contribution in [0.3, 0.4) is 0 Å². The summed E-state index contributed by atoms with van der Waals surface area (Å²) in [5.41, 5.74) is 0.859. The van der Waals surface area contributed by atoms with Gasteiger partial charge in [0.05, 0.1) is 10.0 Å². The number of aliphatic hydroxyl groups excluding tert-OH is 1. The minimum Gasteiger partial charge on any atom is -0.507 e. The molecule has 0 saturated heterocycles. The third-order valence-corrected chi connectivity index (χ3v) is 4.47. The van der Waals surface area contributed by atoms with E-state index >= 15 is 0 Å². The monoisotopic (exact) mass is 422 g/mol. The van der Waals surface area contributed by atoms with E-state index in [4.69, 9.17) is 9.47 Å². The number of carbonyl (C=O) groups is 1. The van der Waals surface area contributed by atoms with Crippen LogP contribution in [0.15, 0.2) is 40.9 Å². The summed E-state index contributed by atoms with van der Waals surface area (Å²) in [6.45, 7) is 3.47. The molecule has 0 saturated carbocycles. The van der Waals surface area contributed by atoms with Gasteiger partial charge in [-0.1, -0.05) is 25.5 Å². The van der Waals surface area contributed by atoms with Gasteiger partial charge in [0.1, 0.15) is 36.6 Å². The molecule has 0 aliphatic rings. The second-order valence-electron chi connectivity index (χ2n) is 5.95. The van der Waals surface area contributed by atoms with Crippen molar-refractivity contribution in [3.05, 3.63) is 52.0 Å². The van der Waals surface area contributed by atoms with Gasteiger partial charge in [-0.2, -0.15) is 0 Å². The molecule has 0 aliphatic carbocycles. The number of hydrogen-bond donors (Lipinski definition) is 2. The van der Waals surface area contributed by atoms with E-state index in [1.165, 1.54) is 13.0 Å². The number of hydrogen-bond acceptors (Lipinski definition) is 5. The quantitative estimate of drug-likeness (QED) is 0.594. The summed E-state index contributed by atoms with van der Waals surface area (Å²) in [4.78, 5) is 11.6. The SMILES string of the molecule is CCCc1c(OCC(O)COc2ccccc2Br)ccc(C(C)=O)c1O. The van der Waals surface area contributed by atoms with Gasteiger partial charge in [0.25, 0.3) is 0 Å². The highest BCUT2D eigenvalue weighted by molar-refractivity contribution is 9.10. The second-order valence-corrected chi connectivity index (χ2v) is 6.81. The van der Waals surface area contributed by atoms with E-state index in [0.717, 1.165) is 10.9 Å². The molecule has 0 spiro atoms. The Kier molecular flexibility index (Phi) is 7.48. The third-order valence-electron chi connectivity index (χ3n) is 3.82. The third kappa shape index (κ3) is 5.22. The number of ether oxygens (including phenoxy) is 2. The largest absolute Gasteiger partial charge is 0.507 e. The minimum atomic E-state index is -0.841. The molecule has 1 atom stereocenters. The minimum absolute atomic E-state index is 0.0139. The first-order valence-electron chi connectivity index (χ1n) is 8.48. The average molecular weight is 423 g/mol. The summed E-state index contributed by atoms with van der Waals surface area (Å²) in [5, 5.41) is 20.4. The number of para-hydroxylation sites is 1. The first-order chi connectivity index (χ1) is 12.4. The number of aromatic hydroxyl groups is 1. The molecule has 0 heterocycles. The van der Waals surface area contributed by atoms with E-state index in [-0.39, 0.29) is 30.3 Å². The lowest BCUT2D eigenvalue weighted by Gasteiger charge is -2.17. The molecule has 0 aromatic heterocycles. The zero-order valence-corrected chi connectivity index (χ0v) is 16.5. The summed E-state index contributed by atoms with van der Waals surface area (Å²) in [5.74, 6) is 0.861. The highest BCUT2D eigenvalue weighted by Crippen LogP contribution is 2.33. The maximum absolute atomic E-state index is 11.6. The number of halogens is 1. The fourth-order valence-electron chi connectivity index (χ4n) is 2.51. The van der Waals surface area contributed by atoms with Gasteiger partial charge in [0.2, 0.25) is 0 Å². The summed E-state index contributed by atoms with van der Waals surface area (Å²) >= 11 is 3.38. The van der Waals surface area contributed by atoms with Crippen LogP contribution in [0.2, 0.25) is 0 Å². The van der Waals surface area contributed by atoms with E-state index in [1.807, 2.05) is 25.1 Å². The molecule has 0 amide bonds. The topological polar surface area (TPSA) is 76.0 Å². The van der Waals surface area contributed by atoms with Crippen LogP contribution in [0, 0.1) is 0 Å². The van der Waals surface area contributed by atoms with E-state index < -0.39 is 6.10 Å². The molecule has 26 heavy (non-hydrogen) atoms. The summed E-state index contributed by atoms with van der Waals surface area (Å²) in [7, 11) is 0. The smallest absolute Gasteiger partial charge is 0.163 e. The number of carbonyl (C=O) groups excluding carboxylic acids is 1. The van der Waals surface area contributed by atoms with E-state index in [9.17, 15) is 15.0 Å². The maximum Gasteiger partial charge on any atom is 0.163 e. The van der Waals surface area contributed by atoms with Crippen molar-refractivity contribution in [2.75, 3.05) is 13.2 Å². The lowest BCUT2D eigenvalue weighted by molar-refractivity contribution is 0.0619. The van der Waals surface area contributed by atoms with E-state index in [2.05, 4.69) is 15.9 Å². The van der Waals surface area contributed by atoms with Crippen molar-refractivity contribution < 1.29 is 24.5 Å². The van der Waals surface area contributed by atoms with Crippen LogP contribution in [0.25, 0.3) is 0 Å². The standard InChI is InChI=1S/C20H23BrO5/c1-3-6-16-18(10-9-15(13(2)22)20(16)24)25-11-14(23)12-26-19-8-5-4-7-17(19)21/h4-5,7-10,14,23-24H,3,6,11-12H2,1-2H3. The van der Waals surface area contributed by atoms with E-state index in [1.54, 1.807) is 12.1 Å². The van der Waals surface area contributed by atoms with Gasteiger partial charge >= 0.3 is 0 Å². The number of phenolic OH excluding ortho intramolecular Hbond substituents is 1. The Morgan fingerprint density at radius 1 is 1.12 bits per heavy atom. The first-order valence-corrected chi connectivity index (χ1v) is 9.27. The van der Waals surface area contributed by atoms with Gasteiger partial charge in [-0.05, 0) is 53.5 Å². The van der Waals surface area contributed by atoms with E-state index in [0.29, 0.717) is 23.5 Å². The Balaban J connectivity index is 2.00. The van der Waals surface area contributed by atoms with Crippen molar-refractivity contribution in [1.29, 1.82) is 0 Å². The maximum atomic E-state index is 11.6. The number of Topliss-reactive ketones (excluding diaryl/α,β-unsaturated/α-hetero) is 1. The zero-order valence-electron chi connectivity index (χ0n) is 14.9. The van der Waals surface area contributed by atoms with Crippen LogP contribution in [-0.4, -0.2) is 35.3 Å². The Bertz CT molecular complexity index is 760. The van der Waals surface area contributed by atoms with Crippen LogP contribution in [0.5, 0.6) is 17.2 Å². The van der Waals surface area contributed by atoms with Crippen molar-refractivity contribution in [3.63, 3.8) is 0 Å². The van der Waals surface area contributed by atoms with Crippen molar-refractivity contribution in [2.45, 2.75) is 32.8 Å². The average Bonchev–Trinajstić information content (AvgIpc) is 2.61. The number of ketones is 1. The fourth-order valence-corrected chi connectivity index (χ4v) is 2.91. The van der Waals surface area contributed by atoms with Crippen molar-refractivity contribution >= 4 is 21.7 Å². The van der Waals surface area contributed by atoms with Crippen LogP contribution in [-0.2, 0) is 6.42 Å². The van der Waals surface area contributed by atoms with Gasteiger partial charge in [0.15, 0.2) is 5.78 Å². The first kappa shape index (κ1) is 20.3. The van der Waals surface area contributed by atoms with Crippen LogP contribution < -0.4 is 9.47 Å². The molecule has 0 bridgehead atoms. The molecule has 1 unspecified atom stereocenters. The molecule has 0 aliphatic heterocycles. The molecular formula is C20H23BrO5. The molecule has 0 fully saturated rings. The van der Waals surface area contributed by atoms with Crippen molar-refractivity contribution in [3.8, 4) is 17.2 Å². The van der Waals surface area contributed by atoms with Crippen LogP contribution >= 0.6 is 15.9 Å². The molecule has 2 aromatic carbocycles. The number of phenols is 1. The Morgan fingerprint density at radius 2 is 1.77 bits per heavy atom. The van der Waals surface area contributed by atoms with Crippen molar-refractivity contribution in [2.24, 2.45) is 0 Å². The molecule has 2 aromatic rings. The Hall–Kier alpha value is -2.05. The number of aliphatic hydroxyl groups is 1. The lowest BCUT2D eigenvalue weighted by Crippen LogP contribution is -2.25. The Morgan fingerprint density at radius 3 is 2.38 bits per heavy atom. The fraction of sp³-hybridized carbons (Fsp3) is 0.350. The highest BCUT2D eigenvalue weighted by Gasteiger charge is 2.17. The Labute approximate surface area is 161 Å². The number of rotatable bonds is 9. The molecule has 0 radical (unpaired) electrons. The summed E-state index contributed by atoms with van der Waals surface area (Å²) < 4.78 is 12.0. The van der Waals surface area contributed by atoms with Gasteiger partial charge in [-0.25, -0.2) is 0 Å². The molecular weight excluding hydrogens is 400 g/mol. The van der Waals surface area contributed by atoms with Crippen LogP contribution in [0.4, 0.5) is 0 Å². The predicted molar refractivity (Wildman–Crippen MR) is 103 cm³/mol. The van der Waals surface area contributed by atoms with Crippen LogP contribution in [0.1, 0.15) is 36.2 Å². The van der Waals surface area contributed by atoms with Gasteiger partial charge in [-0.3, -0.25) is 4.79 Å². The van der Waals surface area contributed by atoms with Gasteiger partial charge < -0.3 is 19.7 Å². The zero-order chi connectivity index (χ0) is 19.1. The molecule has 6 heteroatoms. The molecule has 140 valence electrons. The predicted octanol–water partition coefficient (Wildman–Crippen LogP) is 4.13. The normalized spacial score (nSPS) is 11.8. The number of benzene rings is 2. The second kappa shape index (κ2) is 9.59. The molecule has 2 N–H and O–H groups in total. The summed E-state index contributed by atoms with van der Waals surface area (Å²) in [6, 6.07) is 10.6. The molecule has 2 rings (SSSR count).